The van der Waals surface area contributed by atoms with Crippen LogP contribution in [-0.4, -0.2) is 31.3 Å². The number of sulfonamides is 1. The lowest BCUT2D eigenvalue weighted by Gasteiger charge is -2.24. The zero-order valence-corrected chi connectivity index (χ0v) is 13.3. The van der Waals surface area contributed by atoms with Gasteiger partial charge in [-0.2, -0.15) is 4.31 Å². The second kappa shape index (κ2) is 5.75. The molecule has 0 amide bonds. The van der Waals surface area contributed by atoms with Crippen LogP contribution in [0.1, 0.15) is 24.4 Å². The van der Waals surface area contributed by atoms with Crippen LogP contribution in [-0.2, 0) is 10.0 Å². The molecule has 1 fully saturated rings. The molecule has 0 aliphatic carbocycles. The topological polar surface area (TPSA) is 62.3 Å². The van der Waals surface area contributed by atoms with Crippen molar-refractivity contribution in [1.29, 1.82) is 0 Å². The van der Waals surface area contributed by atoms with Crippen molar-refractivity contribution in [2.24, 2.45) is 0 Å². The van der Waals surface area contributed by atoms with Crippen molar-refractivity contribution in [2.45, 2.75) is 23.1 Å². The van der Waals surface area contributed by atoms with E-state index in [4.69, 9.17) is 0 Å². The first-order valence-corrected chi connectivity index (χ1v) is 9.14. The number of hydrogen-bond acceptors (Lipinski definition) is 5. The monoisotopic (exact) mass is 323 g/mol. The molecule has 5 nitrogen and oxygen atoms in total. The molecule has 0 bridgehead atoms. The molecule has 0 radical (unpaired) electrons. The summed E-state index contributed by atoms with van der Waals surface area (Å²) in [5.41, 5.74) is 0.993. The molecular formula is C14H17N3O2S2. The predicted octanol–water partition coefficient (Wildman–Crippen LogP) is 2.71. The summed E-state index contributed by atoms with van der Waals surface area (Å²) in [5.74, 6) is 0.757. The largest absolute Gasteiger partial charge is 0.373 e. The number of thiophene rings is 1. The number of anilines is 1. The minimum absolute atomic E-state index is 0.104. The minimum atomic E-state index is -3.40. The van der Waals surface area contributed by atoms with E-state index in [9.17, 15) is 8.42 Å². The molecule has 1 aliphatic heterocycles. The molecule has 1 aliphatic rings. The van der Waals surface area contributed by atoms with Gasteiger partial charge in [0, 0.05) is 19.8 Å². The molecule has 0 spiro atoms. The Morgan fingerprint density at radius 3 is 3.00 bits per heavy atom. The highest BCUT2D eigenvalue weighted by molar-refractivity contribution is 7.91. The molecule has 1 saturated heterocycles. The lowest BCUT2D eigenvalue weighted by molar-refractivity contribution is 0.398. The van der Waals surface area contributed by atoms with Crippen molar-refractivity contribution in [2.75, 3.05) is 18.9 Å². The number of nitrogens with one attached hydrogen (secondary N) is 1. The zero-order valence-electron chi connectivity index (χ0n) is 11.7. The van der Waals surface area contributed by atoms with Crippen LogP contribution in [0.2, 0.25) is 0 Å². The first kappa shape index (κ1) is 14.5. The number of hydrogen-bond donors (Lipinski definition) is 1. The van der Waals surface area contributed by atoms with Gasteiger partial charge in [-0.1, -0.05) is 6.07 Å². The van der Waals surface area contributed by atoms with Crippen LogP contribution < -0.4 is 5.32 Å². The van der Waals surface area contributed by atoms with Gasteiger partial charge in [-0.15, -0.1) is 11.3 Å². The first-order chi connectivity index (χ1) is 10.1. The molecule has 3 heterocycles. The molecular weight excluding hydrogens is 306 g/mol. The summed E-state index contributed by atoms with van der Waals surface area (Å²) >= 11 is 1.27. The molecule has 112 valence electrons. The van der Waals surface area contributed by atoms with Gasteiger partial charge in [-0.3, -0.25) is 0 Å². The Kier molecular flexibility index (Phi) is 3.97. The van der Waals surface area contributed by atoms with Crippen LogP contribution in [0, 0.1) is 0 Å². The van der Waals surface area contributed by atoms with E-state index >= 15 is 0 Å². The lowest BCUT2D eigenvalue weighted by Crippen LogP contribution is -2.30. The fraction of sp³-hybridized carbons (Fsp3) is 0.357. The van der Waals surface area contributed by atoms with E-state index in [0.717, 1.165) is 24.2 Å². The Morgan fingerprint density at radius 2 is 2.29 bits per heavy atom. The summed E-state index contributed by atoms with van der Waals surface area (Å²) in [5, 5.41) is 4.79. The molecule has 21 heavy (non-hydrogen) atoms. The highest BCUT2D eigenvalue weighted by atomic mass is 32.2. The molecule has 7 heteroatoms. The minimum Gasteiger partial charge on any atom is -0.373 e. The molecule has 0 saturated carbocycles. The highest BCUT2D eigenvalue weighted by Gasteiger charge is 2.36. The fourth-order valence-electron chi connectivity index (χ4n) is 2.68. The summed E-state index contributed by atoms with van der Waals surface area (Å²) in [6, 6.07) is 7.16. The van der Waals surface area contributed by atoms with E-state index < -0.39 is 10.0 Å². The van der Waals surface area contributed by atoms with Crippen LogP contribution >= 0.6 is 11.3 Å². The van der Waals surface area contributed by atoms with Gasteiger partial charge in [0.25, 0.3) is 10.0 Å². The van der Waals surface area contributed by atoms with Crippen LogP contribution in [0.4, 0.5) is 5.82 Å². The Bertz CT molecular complexity index is 714. The van der Waals surface area contributed by atoms with Gasteiger partial charge in [-0.25, -0.2) is 13.4 Å². The van der Waals surface area contributed by atoms with Crippen LogP contribution in [0.5, 0.6) is 0 Å². The van der Waals surface area contributed by atoms with Crippen molar-refractivity contribution in [1.82, 2.24) is 9.29 Å². The number of aromatic nitrogens is 1. The van der Waals surface area contributed by atoms with Gasteiger partial charge in [0.15, 0.2) is 0 Å². The van der Waals surface area contributed by atoms with E-state index in [0.29, 0.717) is 10.8 Å². The van der Waals surface area contributed by atoms with Crippen LogP contribution in [0.25, 0.3) is 0 Å². The van der Waals surface area contributed by atoms with Crippen LogP contribution in [0.15, 0.2) is 40.1 Å². The third kappa shape index (κ3) is 2.68. The SMILES string of the molecule is CNc1cc([C@H]2CCCN2S(=O)(=O)c2cccs2)ccn1. The third-order valence-electron chi connectivity index (χ3n) is 3.69. The molecule has 1 N–H and O–H groups in total. The molecule has 2 aromatic rings. The number of rotatable bonds is 4. The van der Waals surface area contributed by atoms with Gasteiger partial charge >= 0.3 is 0 Å². The Hall–Kier alpha value is -1.44. The number of pyridine rings is 1. The molecule has 1 atom stereocenters. The van der Waals surface area contributed by atoms with E-state index in [-0.39, 0.29) is 6.04 Å². The average Bonchev–Trinajstić information content (AvgIpc) is 3.18. The molecule has 0 unspecified atom stereocenters. The Morgan fingerprint density at radius 1 is 1.43 bits per heavy atom. The maximum absolute atomic E-state index is 12.7. The second-order valence-corrected chi connectivity index (χ2v) is 8.00. The highest BCUT2D eigenvalue weighted by Crippen LogP contribution is 2.37. The van der Waals surface area contributed by atoms with E-state index in [2.05, 4.69) is 10.3 Å². The van der Waals surface area contributed by atoms with Crippen molar-refractivity contribution < 1.29 is 8.42 Å². The molecule has 0 aromatic carbocycles. The van der Waals surface area contributed by atoms with Gasteiger partial charge in [0.1, 0.15) is 10.0 Å². The van der Waals surface area contributed by atoms with Crippen molar-refractivity contribution in [3.63, 3.8) is 0 Å². The van der Waals surface area contributed by atoms with Gasteiger partial charge in [0.05, 0.1) is 6.04 Å². The second-order valence-electron chi connectivity index (χ2n) is 4.93. The van der Waals surface area contributed by atoms with Gasteiger partial charge < -0.3 is 5.32 Å². The summed E-state index contributed by atoms with van der Waals surface area (Å²) in [6.07, 6.45) is 3.44. The Balaban J connectivity index is 1.96. The zero-order chi connectivity index (χ0) is 14.9. The third-order valence-corrected chi connectivity index (χ3v) is 6.97. The smallest absolute Gasteiger partial charge is 0.253 e. The lowest BCUT2D eigenvalue weighted by atomic mass is 10.1. The van der Waals surface area contributed by atoms with Crippen molar-refractivity contribution in [3.05, 3.63) is 41.4 Å². The average molecular weight is 323 g/mol. The molecule has 3 rings (SSSR count). The normalized spacial score (nSPS) is 19.8. The summed E-state index contributed by atoms with van der Waals surface area (Å²) in [7, 11) is -1.59. The van der Waals surface area contributed by atoms with E-state index in [1.54, 1.807) is 35.1 Å². The maximum atomic E-state index is 12.7. The van der Waals surface area contributed by atoms with Crippen molar-refractivity contribution in [3.8, 4) is 0 Å². The summed E-state index contributed by atoms with van der Waals surface area (Å²) < 4.78 is 27.5. The quantitative estimate of drug-likeness (QED) is 0.940. The predicted molar refractivity (Wildman–Crippen MR) is 84.0 cm³/mol. The van der Waals surface area contributed by atoms with Crippen molar-refractivity contribution >= 4 is 27.2 Å². The van der Waals surface area contributed by atoms with E-state index in [1.807, 2.05) is 12.1 Å². The fourth-order valence-corrected chi connectivity index (χ4v) is 5.48. The summed E-state index contributed by atoms with van der Waals surface area (Å²) in [6.45, 7) is 0.572. The first-order valence-electron chi connectivity index (χ1n) is 6.82. The van der Waals surface area contributed by atoms with Gasteiger partial charge in [-0.05, 0) is 42.0 Å². The van der Waals surface area contributed by atoms with Gasteiger partial charge in [0.2, 0.25) is 0 Å². The van der Waals surface area contributed by atoms with E-state index in [1.165, 1.54) is 11.3 Å². The standard InChI is InChI=1S/C14H17N3O2S2/c1-15-13-10-11(6-7-16-13)12-4-2-8-17(12)21(18,19)14-5-3-9-20-14/h3,5-7,9-10,12H,2,4,8H2,1H3,(H,15,16)/t12-/m1/s1. The molecule has 2 aromatic heterocycles. The van der Waals surface area contributed by atoms with Crippen LogP contribution in [0.3, 0.4) is 0 Å². The Labute approximate surface area is 128 Å². The maximum Gasteiger partial charge on any atom is 0.253 e. The summed E-state index contributed by atoms with van der Waals surface area (Å²) in [4.78, 5) is 4.19. The number of nitrogens with zero attached hydrogens (tertiary/aromatic N) is 2.